The molecular formula is C24H27F2N3O2. The average molecular weight is 427 g/mol. The average Bonchev–Trinajstić information content (AvgIpc) is 3.02. The molecule has 5 nitrogen and oxygen atoms in total. The molecule has 0 radical (unpaired) electrons. The maximum absolute atomic E-state index is 13.6. The fourth-order valence-corrected chi connectivity index (χ4v) is 3.73. The lowest BCUT2D eigenvalue weighted by Gasteiger charge is -2.19. The van der Waals surface area contributed by atoms with E-state index in [1.165, 1.54) is 31.4 Å². The van der Waals surface area contributed by atoms with E-state index in [-0.39, 0.29) is 24.1 Å². The van der Waals surface area contributed by atoms with Gasteiger partial charge in [0.15, 0.2) is 0 Å². The number of aryl methyl sites for hydroxylation is 2. The Balaban J connectivity index is 1.60. The van der Waals surface area contributed by atoms with E-state index in [9.17, 15) is 13.6 Å². The topological polar surface area (TPSA) is 47.4 Å². The Morgan fingerprint density at radius 2 is 1.77 bits per heavy atom. The van der Waals surface area contributed by atoms with Crippen LogP contribution in [-0.4, -0.2) is 34.7 Å². The van der Waals surface area contributed by atoms with Crippen LogP contribution in [0.3, 0.4) is 0 Å². The highest BCUT2D eigenvalue weighted by Crippen LogP contribution is 2.27. The first-order chi connectivity index (χ1) is 14.8. The molecule has 0 fully saturated rings. The van der Waals surface area contributed by atoms with Gasteiger partial charge in [0.1, 0.15) is 17.4 Å². The Hall–Kier alpha value is -3.22. The zero-order valence-electron chi connectivity index (χ0n) is 18.3. The molecule has 0 aliphatic heterocycles. The Labute approximate surface area is 181 Å². The summed E-state index contributed by atoms with van der Waals surface area (Å²) in [5, 5.41) is 4.59. The van der Waals surface area contributed by atoms with Crippen molar-refractivity contribution < 1.29 is 18.3 Å². The SMILES string of the molecule is COc1ccc(F)cc1CN(C)C(=O)CCCn1nc(C)c(-c2ccc(F)cc2)c1C. The molecule has 0 aliphatic rings. The Morgan fingerprint density at radius 1 is 1.10 bits per heavy atom. The lowest BCUT2D eigenvalue weighted by Crippen LogP contribution is -2.26. The van der Waals surface area contributed by atoms with Gasteiger partial charge < -0.3 is 9.64 Å². The normalized spacial score (nSPS) is 10.9. The van der Waals surface area contributed by atoms with Crippen LogP contribution in [0.5, 0.6) is 5.75 Å². The Bertz CT molecular complexity index is 1060. The molecule has 1 heterocycles. The third-order valence-corrected chi connectivity index (χ3v) is 5.35. The lowest BCUT2D eigenvalue weighted by atomic mass is 10.0. The number of amides is 1. The fraction of sp³-hybridized carbons (Fsp3) is 0.333. The van der Waals surface area contributed by atoms with Crippen LogP contribution in [0.1, 0.15) is 29.8 Å². The maximum atomic E-state index is 13.6. The molecule has 1 amide bonds. The number of rotatable bonds is 8. The molecule has 0 spiro atoms. The molecule has 3 aromatic rings. The summed E-state index contributed by atoms with van der Waals surface area (Å²) >= 11 is 0. The standard InChI is InChI=1S/C24H27F2N3O2/c1-16-24(18-7-9-20(25)10-8-18)17(2)29(27-16)13-5-6-23(30)28(3)15-19-14-21(26)11-12-22(19)31-4/h7-12,14H,5-6,13,15H2,1-4H3. The van der Waals surface area contributed by atoms with Gasteiger partial charge in [-0.05, 0) is 56.2 Å². The first kappa shape index (κ1) is 22.5. The van der Waals surface area contributed by atoms with Gasteiger partial charge >= 0.3 is 0 Å². The molecule has 1 aromatic heterocycles. The Morgan fingerprint density at radius 3 is 2.45 bits per heavy atom. The Kier molecular flexibility index (Phi) is 7.05. The van der Waals surface area contributed by atoms with Crippen molar-refractivity contribution in [1.82, 2.24) is 14.7 Å². The molecule has 0 bridgehead atoms. The number of ether oxygens (including phenoxy) is 1. The van der Waals surface area contributed by atoms with Gasteiger partial charge in [-0.2, -0.15) is 5.10 Å². The van der Waals surface area contributed by atoms with Crippen LogP contribution in [0.15, 0.2) is 42.5 Å². The van der Waals surface area contributed by atoms with Crippen molar-refractivity contribution in [2.45, 2.75) is 39.8 Å². The van der Waals surface area contributed by atoms with Crippen molar-refractivity contribution in [3.63, 3.8) is 0 Å². The van der Waals surface area contributed by atoms with Crippen LogP contribution < -0.4 is 4.74 Å². The van der Waals surface area contributed by atoms with E-state index in [2.05, 4.69) is 5.10 Å². The minimum atomic E-state index is -0.363. The number of carbonyl (C=O) groups excluding carboxylic acids is 1. The highest BCUT2D eigenvalue weighted by Gasteiger charge is 2.16. The monoisotopic (exact) mass is 427 g/mol. The number of aromatic nitrogens is 2. The molecule has 31 heavy (non-hydrogen) atoms. The summed E-state index contributed by atoms with van der Waals surface area (Å²) in [6.45, 7) is 4.77. The van der Waals surface area contributed by atoms with Crippen molar-refractivity contribution in [1.29, 1.82) is 0 Å². The third-order valence-electron chi connectivity index (χ3n) is 5.35. The van der Waals surface area contributed by atoms with Crippen LogP contribution in [0, 0.1) is 25.5 Å². The molecule has 0 atom stereocenters. The number of hydrogen-bond donors (Lipinski definition) is 0. The first-order valence-electron chi connectivity index (χ1n) is 10.2. The third kappa shape index (κ3) is 5.29. The fourth-order valence-electron chi connectivity index (χ4n) is 3.73. The van der Waals surface area contributed by atoms with Gasteiger partial charge in [0.05, 0.1) is 12.8 Å². The predicted octanol–water partition coefficient (Wildman–Crippen LogP) is 4.89. The van der Waals surface area contributed by atoms with Gasteiger partial charge in [0.2, 0.25) is 5.91 Å². The minimum Gasteiger partial charge on any atom is -0.496 e. The predicted molar refractivity (Wildman–Crippen MR) is 116 cm³/mol. The number of nitrogens with zero attached hydrogens (tertiary/aromatic N) is 3. The summed E-state index contributed by atoms with van der Waals surface area (Å²) in [6.07, 6.45) is 0.965. The quantitative estimate of drug-likeness (QED) is 0.514. The highest BCUT2D eigenvalue weighted by atomic mass is 19.1. The van der Waals surface area contributed by atoms with Gasteiger partial charge in [-0.3, -0.25) is 9.48 Å². The summed E-state index contributed by atoms with van der Waals surface area (Å²) in [5.74, 6) is -0.119. The van der Waals surface area contributed by atoms with Crippen molar-refractivity contribution in [3.8, 4) is 16.9 Å². The van der Waals surface area contributed by atoms with E-state index in [1.54, 1.807) is 30.1 Å². The molecular weight excluding hydrogens is 400 g/mol. The molecule has 0 N–H and O–H groups in total. The molecule has 2 aromatic carbocycles. The summed E-state index contributed by atoms with van der Waals surface area (Å²) in [4.78, 5) is 14.1. The zero-order chi connectivity index (χ0) is 22.5. The molecule has 0 saturated carbocycles. The van der Waals surface area contributed by atoms with Crippen LogP contribution >= 0.6 is 0 Å². The second-order valence-electron chi connectivity index (χ2n) is 7.59. The second-order valence-corrected chi connectivity index (χ2v) is 7.59. The van der Waals surface area contributed by atoms with Crippen molar-refractivity contribution in [2.75, 3.05) is 14.2 Å². The highest BCUT2D eigenvalue weighted by molar-refractivity contribution is 5.76. The summed E-state index contributed by atoms with van der Waals surface area (Å²) in [7, 11) is 3.22. The van der Waals surface area contributed by atoms with Gasteiger partial charge in [-0.1, -0.05) is 12.1 Å². The van der Waals surface area contributed by atoms with Crippen LogP contribution in [0.2, 0.25) is 0 Å². The van der Waals surface area contributed by atoms with E-state index in [0.717, 1.165) is 22.5 Å². The van der Waals surface area contributed by atoms with E-state index in [4.69, 9.17) is 4.74 Å². The van der Waals surface area contributed by atoms with Gasteiger partial charge in [-0.15, -0.1) is 0 Å². The largest absolute Gasteiger partial charge is 0.496 e. The smallest absolute Gasteiger partial charge is 0.222 e. The van der Waals surface area contributed by atoms with E-state index in [0.29, 0.717) is 30.7 Å². The number of carbonyl (C=O) groups is 1. The number of hydrogen-bond acceptors (Lipinski definition) is 3. The molecule has 164 valence electrons. The number of halogens is 2. The summed E-state index contributed by atoms with van der Waals surface area (Å²) < 4.78 is 33.9. The van der Waals surface area contributed by atoms with Crippen LogP contribution in [0.25, 0.3) is 11.1 Å². The number of methoxy groups -OCH3 is 1. The zero-order valence-corrected chi connectivity index (χ0v) is 18.3. The molecule has 3 rings (SSSR count). The molecule has 7 heteroatoms. The number of benzene rings is 2. The summed E-state index contributed by atoms with van der Waals surface area (Å²) in [5.41, 5.74) is 4.38. The lowest BCUT2D eigenvalue weighted by molar-refractivity contribution is -0.130. The summed E-state index contributed by atoms with van der Waals surface area (Å²) in [6, 6.07) is 10.6. The van der Waals surface area contributed by atoms with E-state index < -0.39 is 0 Å². The van der Waals surface area contributed by atoms with Gasteiger partial charge in [-0.25, -0.2) is 8.78 Å². The van der Waals surface area contributed by atoms with Crippen molar-refractivity contribution in [2.24, 2.45) is 0 Å². The minimum absolute atomic E-state index is 0.0356. The molecule has 0 aliphatic carbocycles. The van der Waals surface area contributed by atoms with Crippen molar-refractivity contribution >= 4 is 5.91 Å². The van der Waals surface area contributed by atoms with Gasteiger partial charge in [0.25, 0.3) is 0 Å². The maximum Gasteiger partial charge on any atom is 0.222 e. The van der Waals surface area contributed by atoms with Crippen LogP contribution in [-0.2, 0) is 17.9 Å². The van der Waals surface area contributed by atoms with E-state index >= 15 is 0 Å². The molecule has 0 unspecified atom stereocenters. The molecule has 0 saturated heterocycles. The first-order valence-corrected chi connectivity index (χ1v) is 10.2. The second kappa shape index (κ2) is 9.73. The van der Waals surface area contributed by atoms with Crippen LogP contribution in [0.4, 0.5) is 8.78 Å². The van der Waals surface area contributed by atoms with Crippen molar-refractivity contribution in [3.05, 3.63) is 71.1 Å². The van der Waals surface area contributed by atoms with Gasteiger partial charge in [0, 0.05) is 43.4 Å². The van der Waals surface area contributed by atoms with E-state index in [1.807, 2.05) is 18.5 Å².